The van der Waals surface area contributed by atoms with Gasteiger partial charge in [-0.15, -0.1) is 11.3 Å². The lowest BCUT2D eigenvalue weighted by Gasteiger charge is -2.17. The predicted octanol–water partition coefficient (Wildman–Crippen LogP) is 2.97. The van der Waals surface area contributed by atoms with E-state index in [-0.39, 0.29) is 6.61 Å². The first-order valence-electron chi connectivity index (χ1n) is 7.07. The fourth-order valence-electron chi connectivity index (χ4n) is 2.28. The third-order valence-corrected chi connectivity index (χ3v) is 3.97. The molecule has 4 nitrogen and oxygen atoms in total. The molecule has 0 aliphatic carbocycles. The minimum atomic E-state index is -0.00182. The van der Waals surface area contributed by atoms with Crippen LogP contribution in [0.1, 0.15) is 28.8 Å². The molecule has 0 unspecified atom stereocenters. The van der Waals surface area contributed by atoms with Crippen molar-refractivity contribution < 1.29 is 9.84 Å². The number of aliphatic hydroxyl groups excluding tert-OH is 1. The molecule has 0 atom stereocenters. The Labute approximate surface area is 130 Å². The van der Waals surface area contributed by atoms with Crippen molar-refractivity contribution >= 4 is 11.3 Å². The Balaban J connectivity index is 2.01. The molecule has 2 aromatic rings. The minimum Gasteiger partial charge on any atom is -0.494 e. The van der Waals surface area contributed by atoms with Crippen LogP contribution in [-0.4, -0.2) is 28.6 Å². The van der Waals surface area contributed by atoms with Crippen LogP contribution in [-0.2, 0) is 19.7 Å². The van der Waals surface area contributed by atoms with Gasteiger partial charge in [0.2, 0.25) is 0 Å². The fourth-order valence-corrected chi connectivity index (χ4v) is 2.88. The number of benzene rings is 1. The Kier molecular flexibility index (Phi) is 5.73. The van der Waals surface area contributed by atoms with E-state index in [0.717, 1.165) is 40.7 Å². The highest BCUT2D eigenvalue weighted by molar-refractivity contribution is 7.09. The molecule has 0 bridgehead atoms. The minimum absolute atomic E-state index is 0.00182. The largest absolute Gasteiger partial charge is 0.494 e. The van der Waals surface area contributed by atoms with E-state index in [2.05, 4.69) is 22.3 Å². The zero-order valence-electron chi connectivity index (χ0n) is 12.8. The summed E-state index contributed by atoms with van der Waals surface area (Å²) in [5, 5.41) is 12.6. The van der Waals surface area contributed by atoms with Crippen LogP contribution in [0.5, 0.6) is 5.75 Å². The van der Waals surface area contributed by atoms with Crippen molar-refractivity contribution in [1.82, 2.24) is 9.88 Å². The second-order valence-corrected chi connectivity index (χ2v) is 6.13. The Morgan fingerprint density at radius 3 is 2.76 bits per heavy atom. The van der Waals surface area contributed by atoms with Crippen LogP contribution in [0.3, 0.4) is 0 Å². The first-order chi connectivity index (χ1) is 10.1. The molecule has 0 aliphatic heterocycles. The van der Waals surface area contributed by atoms with Crippen LogP contribution in [0.2, 0.25) is 0 Å². The second-order valence-electron chi connectivity index (χ2n) is 5.06. The standard InChI is InChI=1S/C16H22N2O2S/c1-4-20-16-6-5-13(7-14(16)10-19)8-18(3)9-15-11-21-12(2)17-15/h5-7,11,19H,4,8-10H2,1-3H3. The molecule has 1 N–H and O–H groups in total. The third-order valence-electron chi connectivity index (χ3n) is 3.15. The van der Waals surface area contributed by atoms with E-state index in [1.54, 1.807) is 11.3 Å². The van der Waals surface area contributed by atoms with Crippen LogP contribution in [0.25, 0.3) is 0 Å². The fraction of sp³-hybridized carbons (Fsp3) is 0.438. The van der Waals surface area contributed by atoms with Gasteiger partial charge in [-0.2, -0.15) is 0 Å². The molecule has 1 heterocycles. The summed E-state index contributed by atoms with van der Waals surface area (Å²) in [6, 6.07) is 5.99. The summed E-state index contributed by atoms with van der Waals surface area (Å²) in [7, 11) is 2.07. The third kappa shape index (κ3) is 4.52. The molecule has 5 heteroatoms. The quantitative estimate of drug-likeness (QED) is 0.854. The number of rotatable bonds is 7. The van der Waals surface area contributed by atoms with Gasteiger partial charge in [-0.3, -0.25) is 4.90 Å². The van der Waals surface area contributed by atoms with Crippen LogP contribution < -0.4 is 4.74 Å². The van der Waals surface area contributed by atoms with Crippen LogP contribution in [0, 0.1) is 6.92 Å². The van der Waals surface area contributed by atoms with Crippen molar-refractivity contribution in [3.8, 4) is 5.75 Å². The van der Waals surface area contributed by atoms with Crippen LogP contribution in [0.15, 0.2) is 23.6 Å². The molecule has 1 aromatic heterocycles. The van der Waals surface area contributed by atoms with Gasteiger partial charge in [-0.25, -0.2) is 4.98 Å². The van der Waals surface area contributed by atoms with E-state index in [9.17, 15) is 5.11 Å². The number of aliphatic hydroxyl groups is 1. The molecule has 114 valence electrons. The highest BCUT2D eigenvalue weighted by Crippen LogP contribution is 2.21. The number of hydrogen-bond donors (Lipinski definition) is 1. The van der Waals surface area contributed by atoms with Gasteiger partial charge in [-0.05, 0) is 38.6 Å². The lowest BCUT2D eigenvalue weighted by molar-refractivity contribution is 0.266. The summed E-state index contributed by atoms with van der Waals surface area (Å²) < 4.78 is 5.50. The monoisotopic (exact) mass is 306 g/mol. The molecular formula is C16H22N2O2S. The number of aryl methyl sites for hydroxylation is 1. The zero-order valence-corrected chi connectivity index (χ0v) is 13.6. The Morgan fingerprint density at radius 1 is 1.33 bits per heavy atom. The van der Waals surface area contributed by atoms with Crippen molar-refractivity contribution in [2.75, 3.05) is 13.7 Å². The molecule has 0 radical (unpaired) electrons. The zero-order chi connectivity index (χ0) is 15.2. The number of nitrogens with zero attached hydrogens (tertiary/aromatic N) is 2. The summed E-state index contributed by atoms with van der Waals surface area (Å²) in [4.78, 5) is 6.69. The summed E-state index contributed by atoms with van der Waals surface area (Å²) in [6.07, 6.45) is 0. The van der Waals surface area contributed by atoms with Crippen LogP contribution >= 0.6 is 11.3 Å². The molecule has 0 saturated carbocycles. The maximum Gasteiger partial charge on any atom is 0.124 e. The summed E-state index contributed by atoms with van der Waals surface area (Å²) in [6.45, 7) is 6.21. The van der Waals surface area contributed by atoms with Gasteiger partial charge in [0.05, 0.1) is 23.9 Å². The maximum absolute atomic E-state index is 9.44. The van der Waals surface area contributed by atoms with Gasteiger partial charge < -0.3 is 9.84 Å². The number of thiazole rings is 1. The Bertz CT molecular complexity index is 583. The lowest BCUT2D eigenvalue weighted by Crippen LogP contribution is -2.17. The van der Waals surface area contributed by atoms with Gasteiger partial charge in [0.1, 0.15) is 5.75 Å². The summed E-state index contributed by atoms with van der Waals surface area (Å²) in [5.74, 6) is 0.765. The normalized spacial score (nSPS) is 11.1. The average Bonchev–Trinajstić information content (AvgIpc) is 2.85. The molecule has 0 amide bonds. The van der Waals surface area contributed by atoms with Crippen molar-refractivity contribution in [3.63, 3.8) is 0 Å². The van der Waals surface area contributed by atoms with Crippen LogP contribution in [0.4, 0.5) is 0 Å². The lowest BCUT2D eigenvalue weighted by atomic mass is 10.1. The molecule has 0 spiro atoms. The summed E-state index contributed by atoms with van der Waals surface area (Å²) in [5.41, 5.74) is 3.11. The SMILES string of the molecule is CCOc1ccc(CN(C)Cc2csc(C)n2)cc1CO. The van der Waals surface area contributed by atoms with Crippen molar-refractivity contribution in [1.29, 1.82) is 0 Å². The second kappa shape index (κ2) is 7.54. The molecule has 0 saturated heterocycles. The number of ether oxygens (including phenoxy) is 1. The van der Waals surface area contributed by atoms with Gasteiger partial charge in [0.25, 0.3) is 0 Å². The molecular weight excluding hydrogens is 284 g/mol. The van der Waals surface area contributed by atoms with E-state index >= 15 is 0 Å². The van der Waals surface area contributed by atoms with Gasteiger partial charge in [-0.1, -0.05) is 6.07 Å². The molecule has 2 rings (SSSR count). The molecule has 1 aromatic carbocycles. The van der Waals surface area contributed by atoms with E-state index in [1.807, 2.05) is 32.0 Å². The highest BCUT2D eigenvalue weighted by Gasteiger charge is 2.08. The number of hydrogen-bond acceptors (Lipinski definition) is 5. The Hall–Kier alpha value is -1.43. The van der Waals surface area contributed by atoms with Gasteiger partial charge >= 0.3 is 0 Å². The predicted molar refractivity (Wildman–Crippen MR) is 85.6 cm³/mol. The first-order valence-corrected chi connectivity index (χ1v) is 7.95. The van der Waals surface area contributed by atoms with Gasteiger partial charge in [0, 0.05) is 24.0 Å². The topological polar surface area (TPSA) is 45.6 Å². The highest BCUT2D eigenvalue weighted by atomic mass is 32.1. The maximum atomic E-state index is 9.44. The van der Waals surface area contributed by atoms with Crippen molar-refractivity contribution in [2.45, 2.75) is 33.5 Å². The molecule has 21 heavy (non-hydrogen) atoms. The van der Waals surface area contributed by atoms with Gasteiger partial charge in [0.15, 0.2) is 0 Å². The Morgan fingerprint density at radius 2 is 2.14 bits per heavy atom. The van der Waals surface area contributed by atoms with E-state index in [0.29, 0.717) is 6.61 Å². The van der Waals surface area contributed by atoms with E-state index in [4.69, 9.17) is 4.74 Å². The van der Waals surface area contributed by atoms with Crippen molar-refractivity contribution in [2.24, 2.45) is 0 Å². The smallest absolute Gasteiger partial charge is 0.124 e. The van der Waals surface area contributed by atoms with E-state index < -0.39 is 0 Å². The molecule has 0 fully saturated rings. The van der Waals surface area contributed by atoms with E-state index in [1.165, 1.54) is 0 Å². The first kappa shape index (κ1) is 15.9. The summed E-state index contributed by atoms with van der Waals surface area (Å²) >= 11 is 1.68. The molecule has 0 aliphatic rings. The van der Waals surface area contributed by atoms with Crippen molar-refractivity contribution in [3.05, 3.63) is 45.4 Å². The number of aromatic nitrogens is 1. The average molecular weight is 306 g/mol.